The molecule has 1 atom stereocenters. The van der Waals surface area contributed by atoms with Crippen LogP contribution < -0.4 is 11.1 Å². The molecule has 1 aromatic rings. The number of hydrogen-bond donors (Lipinski definition) is 2. The first kappa shape index (κ1) is 17.2. The van der Waals surface area contributed by atoms with Crippen molar-refractivity contribution in [2.45, 2.75) is 47.6 Å². The van der Waals surface area contributed by atoms with Crippen LogP contribution in [0.1, 0.15) is 50.4 Å². The van der Waals surface area contributed by atoms with E-state index in [2.05, 4.69) is 65.1 Å². The van der Waals surface area contributed by atoms with Crippen LogP contribution in [0.4, 0.5) is 0 Å². The Hall–Kier alpha value is -0.860. The minimum atomic E-state index is 0.260. The second-order valence-corrected chi connectivity index (χ2v) is 6.71. The normalized spacial score (nSPS) is 13.5. The molecule has 0 heterocycles. The molecule has 0 aromatic heterocycles. The summed E-state index contributed by atoms with van der Waals surface area (Å²) in [6.45, 7) is 15.2. The average Bonchev–Trinajstić information content (AvgIpc) is 2.34. The van der Waals surface area contributed by atoms with Crippen LogP contribution in [0.25, 0.3) is 0 Å². The summed E-state index contributed by atoms with van der Waals surface area (Å²) in [5, 5.41) is 3.68. The van der Waals surface area contributed by atoms with Gasteiger partial charge in [0.05, 0.1) is 0 Å². The van der Waals surface area contributed by atoms with Crippen molar-refractivity contribution in [3.63, 3.8) is 0 Å². The first-order valence-corrected chi connectivity index (χ1v) is 7.87. The van der Waals surface area contributed by atoms with Crippen LogP contribution in [0, 0.1) is 31.6 Å². The van der Waals surface area contributed by atoms with Crippen LogP contribution in [0.3, 0.4) is 0 Å². The highest BCUT2D eigenvalue weighted by Crippen LogP contribution is 2.22. The smallest absolute Gasteiger partial charge is 0.0447 e. The van der Waals surface area contributed by atoms with E-state index in [1.807, 2.05) is 0 Å². The molecule has 114 valence electrons. The molecular weight excluding hydrogens is 244 g/mol. The molecule has 0 fully saturated rings. The molecule has 0 aliphatic carbocycles. The zero-order valence-corrected chi connectivity index (χ0v) is 14.0. The summed E-state index contributed by atoms with van der Waals surface area (Å²) < 4.78 is 0. The number of aryl methyl sites for hydroxylation is 2. The Labute approximate surface area is 125 Å². The van der Waals surface area contributed by atoms with Crippen LogP contribution in [0.15, 0.2) is 18.2 Å². The predicted molar refractivity (Wildman–Crippen MR) is 88.9 cm³/mol. The van der Waals surface area contributed by atoms with Gasteiger partial charge in [-0.05, 0) is 49.3 Å². The van der Waals surface area contributed by atoms with Crippen molar-refractivity contribution < 1.29 is 0 Å². The van der Waals surface area contributed by atoms with Crippen LogP contribution in [0.2, 0.25) is 0 Å². The first-order valence-electron chi connectivity index (χ1n) is 7.87. The van der Waals surface area contributed by atoms with Crippen LogP contribution in [-0.4, -0.2) is 13.1 Å². The van der Waals surface area contributed by atoms with Crippen molar-refractivity contribution in [2.24, 2.45) is 23.5 Å². The van der Waals surface area contributed by atoms with Crippen molar-refractivity contribution in [2.75, 3.05) is 13.1 Å². The molecule has 3 N–H and O–H groups in total. The summed E-state index contributed by atoms with van der Waals surface area (Å²) >= 11 is 0. The largest absolute Gasteiger partial charge is 0.329 e. The fourth-order valence-electron chi connectivity index (χ4n) is 3.06. The first-order chi connectivity index (χ1) is 9.36. The van der Waals surface area contributed by atoms with Gasteiger partial charge in [-0.3, -0.25) is 0 Å². The van der Waals surface area contributed by atoms with Gasteiger partial charge in [-0.25, -0.2) is 0 Å². The van der Waals surface area contributed by atoms with Gasteiger partial charge in [0.25, 0.3) is 0 Å². The Morgan fingerprint density at radius 3 is 2.10 bits per heavy atom. The van der Waals surface area contributed by atoms with E-state index >= 15 is 0 Å². The van der Waals surface area contributed by atoms with E-state index in [9.17, 15) is 0 Å². The average molecular weight is 276 g/mol. The predicted octanol–water partition coefficient (Wildman–Crippen LogP) is 3.82. The molecule has 0 spiro atoms. The maximum absolute atomic E-state index is 5.99. The summed E-state index contributed by atoms with van der Waals surface area (Å²) in [6.07, 6.45) is 0. The molecule has 0 radical (unpaired) electrons. The van der Waals surface area contributed by atoms with Crippen LogP contribution >= 0.6 is 0 Å². The van der Waals surface area contributed by atoms with Crippen molar-refractivity contribution in [1.82, 2.24) is 5.32 Å². The van der Waals surface area contributed by atoms with Gasteiger partial charge >= 0.3 is 0 Å². The number of rotatable bonds is 7. The Balaban J connectivity index is 2.76. The van der Waals surface area contributed by atoms with E-state index in [1.165, 1.54) is 16.7 Å². The highest BCUT2D eigenvalue weighted by Gasteiger charge is 2.19. The highest BCUT2D eigenvalue weighted by molar-refractivity contribution is 5.33. The number of nitrogens with one attached hydrogen (secondary N) is 1. The fourth-order valence-corrected chi connectivity index (χ4v) is 3.06. The van der Waals surface area contributed by atoms with E-state index in [4.69, 9.17) is 5.73 Å². The van der Waals surface area contributed by atoms with E-state index in [-0.39, 0.29) is 6.04 Å². The lowest BCUT2D eigenvalue weighted by atomic mass is 9.85. The SMILES string of the molecule is Cc1ccc(C(CN)NCC(C(C)C)C(C)C)c(C)c1. The molecule has 0 aliphatic heterocycles. The topological polar surface area (TPSA) is 38.0 Å². The quantitative estimate of drug-likeness (QED) is 0.794. The van der Waals surface area contributed by atoms with Crippen LogP contribution in [0.5, 0.6) is 0 Å². The zero-order chi connectivity index (χ0) is 15.3. The molecule has 20 heavy (non-hydrogen) atoms. The van der Waals surface area contributed by atoms with E-state index in [0.717, 1.165) is 6.54 Å². The number of hydrogen-bond acceptors (Lipinski definition) is 2. The standard InChI is InChI=1S/C18H32N2/c1-12(2)17(13(3)4)11-20-18(10-19)16-8-7-14(5)9-15(16)6/h7-9,12-13,17-18,20H,10-11,19H2,1-6H3. The van der Waals surface area contributed by atoms with Gasteiger partial charge in [0.15, 0.2) is 0 Å². The summed E-state index contributed by atoms with van der Waals surface area (Å²) in [7, 11) is 0. The number of nitrogens with two attached hydrogens (primary N) is 1. The molecule has 2 nitrogen and oxygen atoms in total. The Bertz CT molecular complexity index is 402. The van der Waals surface area contributed by atoms with Gasteiger partial charge in [-0.1, -0.05) is 51.5 Å². The van der Waals surface area contributed by atoms with E-state index in [0.29, 0.717) is 24.3 Å². The molecule has 0 bridgehead atoms. The van der Waals surface area contributed by atoms with Crippen molar-refractivity contribution in [1.29, 1.82) is 0 Å². The maximum atomic E-state index is 5.99. The second kappa shape index (κ2) is 7.80. The number of benzene rings is 1. The van der Waals surface area contributed by atoms with E-state index < -0.39 is 0 Å². The minimum Gasteiger partial charge on any atom is -0.329 e. The summed E-state index contributed by atoms with van der Waals surface area (Å²) in [5.74, 6) is 2.08. The van der Waals surface area contributed by atoms with Gasteiger partial charge in [0, 0.05) is 12.6 Å². The van der Waals surface area contributed by atoms with E-state index in [1.54, 1.807) is 0 Å². The molecule has 0 aliphatic rings. The van der Waals surface area contributed by atoms with Gasteiger partial charge in [0.1, 0.15) is 0 Å². The molecule has 1 unspecified atom stereocenters. The third-order valence-electron chi connectivity index (χ3n) is 4.35. The van der Waals surface area contributed by atoms with Crippen molar-refractivity contribution >= 4 is 0 Å². The molecule has 0 amide bonds. The lowest BCUT2D eigenvalue weighted by Gasteiger charge is -2.28. The summed E-state index contributed by atoms with van der Waals surface area (Å²) in [5.41, 5.74) is 9.97. The molecule has 1 rings (SSSR count). The molecule has 0 saturated carbocycles. The lowest BCUT2D eigenvalue weighted by Crippen LogP contribution is -2.36. The molecular formula is C18H32N2. The van der Waals surface area contributed by atoms with Gasteiger partial charge in [-0.2, -0.15) is 0 Å². The van der Waals surface area contributed by atoms with Gasteiger partial charge in [-0.15, -0.1) is 0 Å². The maximum Gasteiger partial charge on any atom is 0.0447 e. The van der Waals surface area contributed by atoms with Crippen LogP contribution in [-0.2, 0) is 0 Å². The molecule has 1 aromatic carbocycles. The van der Waals surface area contributed by atoms with Crippen molar-refractivity contribution in [3.05, 3.63) is 34.9 Å². The van der Waals surface area contributed by atoms with Gasteiger partial charge in [0.2, 0.25) is 0 Å². The third-order valence-corrected chi connectivity index (χ3v) is 4.35. The fraction of sp³-hybridized carbons (Fsp3) is 0.667. The zero-order valence-electron chi connectivity index (χ0n) is 14.0. The Kier molecular flexibility index (Phi) is 6.70. The Morgan fingerprint density at radius 2 is 1.65 bits per heavy atom. The summed E-state index contributed by atoms with van der Waals surface area (Å²) in [4.78, 5) is 0. The molecule has 0 saturated heterocycles. The van der Waals surface area contributed by atoms with Crippen molar-refractivity contribution in [3.8, 4) is 0 Å². The minimum absolute atomic E-state index is 0.260. The molecule has 2 heteroatoms. The second-order valence-electron chi connectivity index (χ2n) is 6.71. The lowest BCUT2D eigenvalue weighted by molar-refractivity contribution is 0.266. The monoisotopic (exact) mass is 276 g/mol. The third kappa shape index (κ3) is 4.60. The van der Waals surface area contributed by atoms with Gasteiger partial charge < -0.3 is 11.1 Å². The highest BCUT2D eigenvalue weighted by atomic mass is 14.9. The summed E-state index contributed by atoms with van der Waals surface area (Å²) in [6, 6.07) is 6.89. The Morgan fingerprint density at radius 1 is 1.05 bits per heavy atom.